The Morgan fingerprint density at radius 3 is 2.75 bits per heavy atom. The molecule has 1 unspecified atom stereocenters. The Kier molecular flexibility index (Phi) is 2.67. The van der Waals surface area contributed by atoms with Crippen LogP contribution in [-0.4, -0.2) is 17.0 Å². The van der Waals surface area contributed by atoms with Crippen LogP contribution in [0.5, 0.6) is 0 Å². The standard InChI is InChI=1S/C14H13N3O2S/c1-14(19)9-4-5-20-11(9)8-3-2-7(6-10(8)14)12(18)17-13(15)16/h2-6,19H,1H3,(H4,15,16,17,18). The van der Waals surface area contributed by atoms with Crippen molar-refractivity contribution in [2.75, 3.05) is 0 Å². The average molecular weight is 287 g/mol. The first-order valence-corrected chi connectivity index (χ1v) is 6.88. The molecule has 1 aromatic carbocycles. The molecule has 1 atom stereocenters. The lowest BCUT2D eigenvalue weighted by Crippen LogP contribution is -2.24. The second-order valence-corrected chi connectivity index (χ2v) is 5.75. The molecule has 0 aliphatic heterocycles. The Hall–Kier alpha value is -2.18. The van der Waals surface area contributed by atoms with Crippen molar-refractivity contribution in [1.29, 1.82) is 0 Å². The van der Waals surface area contributed by atoms with Crippen LogP contribution in [0.2, 0.25) is 0 Å². The highest BCUT2D eigenvalue weighted by atomic mass is 32.1. The van der Waals surface area contributed by atoms with E-state index in [-0.39, 0.29) is 5.96 Å². The Labute approximate surface area is 119 Å². The van der Waals surface area contributed by atoms with Crippen LogP contribution in [0.1, 0.15) is 28.4 Å². The highest BCUT2D eigenvalue weighted by Crippen LogP contribution is 2.50. The maximum absolute atomic E-state index is 11.9. The van der Waals surface area contributed by atoms with E-state index in [1.807, 2.05) is 17.5 Å². The zero-order valence-electron chi connectivity index (χ0n) is 10.8. The van der Waals surface area contributed by atoms with E-state index >= 15 is 0 Å². The van der Waals surface area contributed by atoms with Gasteiger partial charge in [-0.25, -0.2) is 0 Å². The molecule has 5 N–H and O–H groups in total. The van der Waals surface area contributed by atoms with Gasteiger partial charge in [-0.2, -0.15) is 4.99 Å². The molecule has 2 aromatic rings. The summed E-state index contributed by atoms with van der Waals surface area (Å²) < 4.78 is 0. The fourth-order valence-electron chi connectivity index (χ4n) is 2.51. The van der Waals surface area contributed by atoms with E-state index < -0.39 is 11.5 Å². The fourth-order valence-corrected chi connectivity index (χ4v) is 3.55. The van der Waals surface area contributed by atoms with Crippen LogP contribution >= 0.6 is 11.3 Å². The molecule has 1 aromatic heterocycles. The van der Waals surface area contributed by atoms with E-state index in [2.05, 4.69) is 4.99 Å². The van der Waals surface area contributed by atoms with E-state index in [1.165, 1.54) is 0 Å². The van der Waals surface area contributed by atoms with Gasteiger partial charge < -0.3 is 16.6 Å². The number of aliphatic hydroxyl groups is 1. The normalized spacial score (nSPS) is 19.3. The van der Waals surface area contributed by atoms with Crippen LogP contribution in [0, 0.1) is 0 Å². The summed E-state index contributed by atoms with van der Waals surface area (Å²) in [5, 5.41) is 12.6. The number of thiophene rings is 1. The maximum atomic E-state index is 11.9. The predicted molar refractivity (Wildman–Crippen MR) is 78.6 cm³/mol. The number of amides is 1. The highest BCUT2D eigenvalue weighted by Gasteiger charge is 2.38. The van der Waals surface area contributed by atoms with Gasteiger partial charge in [-0.1, -0.05) is 6.07 Å². The van der Waals surface area contributed by atoms with Crippen molar-refractivity contribution in [1.82, 2.24) is 0 Å². The Bertz CT molecular complexity index is 743. The minimum Gasteiger partial charge on any atom is -0.381 e. The van der Waals surface area contributed by atoms with Crippen LogP contribution in [0.15, 0.2) is 34.6 Å². The molecule has 102 valence electrons. The van der Waals surface area contributed by atoms with Crippen LogP contribution in [0.4, 0.5) is 0 Å². The molecule has 0 radical (unpaired) electrons. The summed E-state index contributed by atoms with van der Waals surface area (Å²) in [6.07, 6.45) is 0. The summed E-state index contributed by atoms with van der Waals surface area (Å²) in [4.78, 5) is 16.4. The smallest absolute Gasteiger partial charge is 0.280 e. The third-order valence-corrected chi connectivity index (χ3v) is 4.40. The van der Waals surface area contributed by atoms with Gasteiger partial charge in [0.25, 0.3) is 5.91 Å². The third-order valence-electron chi connectivity index (χ3n) is 3.46. The summed E-state index contributed by atoms with van der Waals surface area (Å²) >= 11 is 1.57. The van der Waals surface area contributed by atoms with E-state index in [1.54, 1.807) is 30.4 Å². The van der Waals surface area contributed by atoms with Crippen molar-refractivity contribution in [2.24, 2.45) is 16.5 Å². The summed E-state index contributed by atoms with van der Waals surface area (Å²) in [6.45, 7) is 1.72. The molecule has 1 aliphatic rings. The van der Waals surface area contributed by atoms with Crippen molar-refractivity contribution in [3.8, 4) is 10.4 Å². The predicted octanol–water partition coefficient (Wildman–Crippen LogP) is 1.40. The van der Waals surface area contributed by atoms with Crippen LogP contribution < -0.4 is 11.5 Å². The second-order valence-electron chi connectivity index (χ2n) is 4.84. The SMILES string of the molecule is CC1(O)c2cc(C(=O)N=C(N)N)ccc2-c2sccc21. The zero-order chi connectivity index (χ0) is 14.5. The lowest BCUT2D eigenvalue weighted by Gasteiger charge is -2.19. The molecular weight excluding hydrogens is 274 g/mol. The van der Waals surface area contributed by atoms with Crippen LogP contribution in [0.25, 0.3) is 10.4 Å². The monoisotopic (exact) mass is 287 g/mol. The molecule has 20 heavy (non-hydrogen) atoms. The first-order valence-electron chi connectivity index (χ1n) is 6.00. The number of hydrogen-bond acceptors (Lipinski definition) is 3. The topological polar surface area (TPSA) is 102 Å². The van der Waals surface area contributed by atoms with Gasteiger partial charge in [0.2, 0.25) is 0 Å². The molecule has 0 bridgehead atoms. The van der Waals surface area contributed by atoms with Gasteiger partial charge in [-0.05, 0) is 41.6 Å². The molecule has 5 nitrogen and oxygen atoms in total. The van der Waals surface area contributed by atoms with Gasteiger partial charge in [-0.15, -0.1) is 11.3 Å². The number of nitrogens with zero attached hydrogens (tertiary/aromatic N) is 1. The molecule has 0 spiro atoms. The van der Waals surface area contributed by atoms with E-state index in [0.29, 0.717) is 11.1 Å². The number of rotatable bonds is 1. The van der Waals surface area contributed by atoms with Crippen molar-refractivity contribution >= 4 is 23.2 Å². The van der Waals surface area contributed by atoms with Crippen LogP contribution in [-0.2, 0) is 5.60 Å². The Morgan fingerprint density at radius 1 is 1.30 bits per heavy atom. The van der Waals surface area contributed by atoms with Gasteiger partial charge in [-0.3, -0.25) is 4.79 Å². The summed E-state index contributed by atoms with van der Waals surface area (Å²) in [6, 6.07) is 7.04. The fraction of sp³-hybridized carbons (Fsp3) is 0.143. The minimum absolute atomic E-state index is 0.277. The number of benzene rings is 1. The molecule has 1 heterocycles. The Morgan fingerprint density at radius 2 is 2.05 bits per heavy atom. The minimum atomic E-state index is -1.10. The van der Waals surface area contributed by atoms with Gasteiger partial charge in [0.05, 0.1) is 0 Å². The van der Waals surface area contributed by atoms with E-state index in [0.717, 1.165) is 16.0 Å². The molecule has 0 saturated carbocycles. The van der Waals surface area contributed by atoms with Crippen molar-refractivity contribution < 1.29 is 9.90 Å². The molecule has 6 heteroatoms. The molecule has 0 saturated heterocycles. The van der Waals surface area contributed by atoms with Crippen molar-refractivity contribution in [3.05, 3.63) is 46.3 Å². The number of carbonyl (C=O) groups is 1. The first kappa shape index (κ1) is 12.8. The number of guanidine groups is 1. The lowest BCUT2D eigenvalue weighted by atomic mass is 9.93. The molecule has 1 amide bonds. The van der Waals surface area contributed by atoms with Gasteiger partial charge in [0, 0.05) is 16.0 Å². The van der Waals surface area contributed by atoms with Gasteiger partial charge in [0.15, 0.2) is 5.96 Å². The quantitative estimate of drug-likeness (QED) is 0.545. The molecule has 0 fully saturated rings. The van der Waals surface area contributed by atoms with E-state index in [9.17, 15) is 9.90 Å². The third kappa shape index (κ3) is 1.73. The number of nitrogens with two attached hydrogens (primary N) is 2. The van der Waals surface area contributed by atoms with Gasteiger partial charge in [0.1, 0.15) is 5.60 Å². The summed E-state index contributed by atoms with van der Waals surface area (Å²) in [7, 11) is 0. The first-order chi connectivity index (χ1) is 9.41. The molecule has 3 rings (SSSR count). The largest absolute Gasteiger partial charge is 0.381 e. The number of aliphatic imine (C=N–C) groups is 1. The summed E-state index contributed by atoms with van der Waals surface area (Å²) in [5.74, 6) is -0.791. The molecule has 1 aliphatic carbocycles. The average Bonchev–Trinajstić information content (AvgIpc) is 2.92. The van der Waals surface area contributed by atoms with Crippen molar-refractivity contribution in [2.45, 2.75) is 12.5 Å². The highest BCUT2D eigenvalue weighted by molar-refractivity contribution is 7.13. The molecular formula is C14H13N3O2S. The zero-order valence-corrected chi connectivity index (χ0v) is 11.6. The van der Waals surface area contributed by atoms with Crippen LogP contribution in [0.3, 0.4) is 0 Å². The number of carbonyl (C=O) groups excluding carboxylic acids is 1. The van der Waals surface area contributed by atoms with Gasteiger partial charge >= 0.3 is 0 Å². The lowest BCUT2D eigenvalue weighted by molar-refractivity contribution is 0.0999. The van der Waals surface area contributed by atoms with E-state index in [4.69, 9.17) is 11.5 Å². The number of fused-ring (bicyclic) bond motifs is 3. The summed E-state index contributed by atoms with van der Waals surface area (Å²) in [5.41, 5.74) is 12.2. The van der Waals surface area contributed by atoms with Crippen molar-refractivity contribution in [3.63, 3.8) is 0 Å². The maximum Gasteiger partial charge on any atom is 0.280 e. The Balaban J connectivity index is 2.14. The number of hydrogen-bond donors (Lipinski definition) is 3. The second kappa shape index (κ2) is 4.16.